The minimum atomic E-state index is -0.0472. The van der Waals surface area contributed by atoms with Crippen molar-refractivity contribution in [3.8, 4) is 0 Å². The number of carbonyl (C=O) groups is 1. The average Bonchev–Trinajstić information content (AvgIpc) is 2.79. The van der Waals surface area contributed by atoms with Gasteiger partial charge in [0, 0.05) is 64.1 Å². The molecule has 4 rings (SSSR count). The Morgan fingerprint density at radius 1 is 0.844 bits per heavy atom. The third kappa shape index (κ3) is 5.30. The van der Waals surface area contributed by atoms with E-state index >= 15 is 0 Å². The Balaban J connectivity index is 1.31. The fourth-order valence-corrected chi connectivity index (χ4v) is 4.11. The number of urea groups is 1. The quantitative estimate of drug-likeness (QED) is 0.797. The molecule has 2 aliphatic heterocycles. The molecule has 2 aromatic rings. The van der Waals surface area contributed by atoms with Gasteiger partial charge in [-0.05, 0) is 30.2 Å². The van der Waals surface area contributed by atoms with E-state index in [1.54, 1.807) is 6.33 Å². The number of benzene rings is 1. The Kier molecular flexibility index (Phi) is 6.50. The zero-order chi connectivity index (χ0) is 22.7. The van der Waals surface area contributed by atoms with Crippen molar-refractivity contribution in [1.82, 2.24) is 19.8 Å². The molecule has 1 aromatic carbocycles. The highest BCUT2D eigenvalue weighted by atomic mass is 16.2. The highest BCUT2D eigenvalue weighted by Crippen LogP contribution is 2.24. The van der Waals surface area contributed by atoms with Crippen molar-refractivity contribution in [2.75, 3.05) is 74.5 Å². The largest absolute Gasteiger partial charge is 0.354 e. The zero-order valence-electron chi connectivity index (χ0n) is 19.7. The predicted octanol–water partition coefficient (Wildman–Crippen LogP) is 2.88. The molecule has 0 bridgehead atoms. The molecule has 0 radical (unpaired) electrons. The maximum atomic E-state index is 12.7. The Hall–Kier alpha value is -2.87. The number of anilines is 3. The molecule has 0 atom stereocenters. The van der Waals surface area contributed by atoms with Gasteiger partial charge in [0.2, 0.25) is 0 Å². The van der Waals surface area contributed by atoms with Crippen molar-refractivity contribution in [3.05, 3.63) is 42.2 Å². The van der Waals surface area contributed by atoms with E-state index in [0.29, 0.717) is 13.1 Å². The number of nitrogens with one attached hydrogen (secondary N) is 1. The van der Waals surface area contributed by atoms with E-state index in [1.807, 2.05) is 17.0 Å². The molecular formula is C24H35N7O. The summed E-state index contributed by atoms with van der Waals surface area (Å²) < 4.78 is 0. The van der Waals surface area contributed by atoms with Crippen LogP contribution in [0.2, 0.25) is 0 Å². The Morgan fingerprint density at radius 2 is 1.38 bits per heavy atom. The first-order valence-electron chi connectivity index (χ1n) is 11.5. The van der Waals surface area contributed by atoms with E-state index in [-0.39, 0.29) is 11.4 Å². The van der Waals surface area contributed by atoms with Crippen LogP contribution in [0.4, 0.5) is 22.1 Å². The number of nitrogens with zero attached hydrogens (tertiary/aromatic N) is 6. The lowest BCUT2D eigenvalue weighted by Gasteiger charge is -2.36. The van der Waals surface area contributed by atoms with Crippen LogP contribution in [0.15, 0.2) is 36.7 Å². The summed E-state index contributed by atoms with van der Waals surface area (Å²) in [5.74, 6) is 1.92. The molecule has 8 heteroatoms. The van der Waals surface area contributed by atoms with E-state index in [4.69, 9.17) is 0 Å². The zero-order valence-corrected chi connectivity index (χ0v) is 19.7. The molecule has 2 fully saturated rings. The Labute approximate surface area is 191 Å². The lowest BCUT2D eigenvalue weighted by Crippen LogP contribution is -2.50. The van der Waals surface area contributed by atoms with Crippen molar-refractivity contribution in [1.29, 1.82) is 0 Å². The van der Waals surface area contributed by atoms with Gasteiger partial charge in [0.25, 0.3) is 0 Å². The number of hydrogen-bond acceptors (Lipinski definition) is 6. The molecule has 2 saturated heterocycles. The standard InChI is InChI=1S/C24H35N7O/c1-24(2,3)19-5-7-20(8-6-19)27-23(32)31-15-13-30(14-16-31)22-17-21(25-18-26-22)29-11-9-28(4)10-12-29/h5-8,17-18H,9-16H2,1-4H3,(H,27,32). The van der Waals surface area contributed by atoms with Gasteiger partial charge >= 0.3 is 6.03 Å². The lowest BCUT2D eigenvalue weighted by molar-refractivity contribution is 0.208. The van der Waals surface area contributed by atoms with Gasteiger partial charge in [-0.25, -0.2) is 14.8 Å². The number of carbonyl (C=O) groups excluding carboxylic acids is 1. The van der Waals surface area contributed by atoms with E-state index in [1.165, 1.54) is 5.56 Å². The Bertz CT molecular complexity index is 909. The maximum absolute atomic E-state index is 12.7. The number of likely N-dealkylation sites (N-methyl/N-ethyl adjacent to an activating group) is 1. The topological polar surface area (TPSA) is 67.8 Å². The summed E-state index contributed by atoms with van der Waals surface area (Å²) >= 11 is 0. The second-order valence-corrected chi connectivity index (χ2v) is 9.76. The van der Waals surface area contributed by atoms with Crippen LogP contribution in [-0.2, 0) is 5.41 Å². The van der Waals surface area contributed by atoms with Crippen molar-refractivity contribution in [3.63, 3.8) is 0 Å². The summed E-state index contributed by atoms with van der Waals surface area (Å²) in [6.07, 6.45) is 1.66. The van der Waals surface area contributed by atoms with Gasteiger partial charge in [-0.1, -0.05) is 32.9 Å². The molecule has 0 unspecified atom stereocenters. The predicted molar refractivity (Wildman–Crippen MR) is 130 cm³/mol. The number of hydrogen-bond donors (Lipinski definition) is 1. The van der Waals surface area contributed by atoms with E-state index < -0.39 is 0 Å². The van der Waals surface area contributed by atoms with Gasteiger partial charge in [0.05, 0.1) is 0 Å². The van der Waals surface area contributed by atoms with Gasteiger partial charge in [-0.15, -0.1) is 0 Å². The maximum Gasteiger partial charge on any atom is 0.321 e. The van der Waals surface area contributed by atoms with Gasteiger partial charge in [-0.2, -0.15) is 0 Å². The minimum Gasteiger partial charge on any atom is -0.354 e. The van der Waals surface area contributed by atoms with Crippen LogP contribution < -0.4 is 15.1 Å². The van der Waals surface area contributed by atoms with Crippen LogP contribution in [0.5, 0.6) is 0 Å². The first-order chi connectivity index (χ1) is 15.3. The summed E-state index contributed by atoms with van der Waals surface area (Å²) in [6.45, 7) is 13.5. The first-order valence-corrected chi connectivity index (χ1v) is 11.5. The first kappa shape index (κ1) is 22.3. The molecule has 8 nitrogen and oxygen atoms in total. The molecular weight excluding hydrogens is 402 g/mol. The summed E-state index contributed by atoms with van der Waals surface area (Å²) in [4.78, 5) is 30.5. The smallest absolute Gasteiger partial charge is 0.321 e. The van der Waals surface area contributed by atoms with Gasteiger partial charge < -0.3 is 24.9 Å². The molecule has 2 aliphatic rings. The van der Waals surface area contributed by atoms with Gasteiger partial charge in [0.1, 0.15) is 18.0 Å². The number of aromatic nitrogens is 2. The highest BCUT2D eigenvalue weighted by Gasteiger charge is 2.23. The van der Waals surface area contributed by atoms with Crippen LogP contribution in [0, 0.1) is 0 Å². The molecule has 32 heavy (non-hydrogen) atoms. The molecule has 0 saturated carbocycles. The van der Waals surface area contributed by atoms with Crippen LogP contribution in [0.1, 0.15) is 26.3 Å². The van der Waals surface area contributed by atoms with Crippen LogP contribution >= 0.6 is 0 Å². The SMILES string of the molecule is CN1CCN(c2cc(N3CCN(C(=O)Nc4ccc(C(C)(C)C)cc4)CC3)ncn2)CC1. The van der Waals surface area contributed by atoms with Crippen molar-refractivity contribution in [2.45, 2.75) is 26.2 Å². The lowest BCUT2D eigenvalue weighted by atomic mass is 9.87. The van der Waals surface area contributed by atoms with Crippen molar-refractivity contribution < 1.29 is 4.79 Å². The summed E-state index contributed by atoms with van der Waals surface area (Å²) in [6, 6.07) is 10.2. The average molecular weight is 438 g/mol. The molecule has 1 aromatic heterocycles. The van der Waals surface area contributed by atoms with Crippen molar-refractivity contribution >= 4 is 23.4 Å². The number of piperazine rings is 2. The van der Waals surface area contributed by atoms with Gasteiger partial charge in [0.15, 0.2) is 0 Å². The fraction of sp³-hybridized carbons (Fsp3) is 0.542. The fourth-order valence-electron chi connectivity index (χ4n) is 4.11. The minimum absolute atomic E-state index is 0.0472. The van der Waals surface area contributed by atoms with Crippen LogP contribution in [0.3, 0.4) is 0 Å². The third-order valence-corrected chi connectivity index (χ3v) is 6.36. The number of amides is 2. The van der Waals surface area contributed by atoms with Gasteiger partial charge in [-0.3, -0.25) is 0 Å². The molecule has 2 amide bonds. The monoisotopic (exact) mass is 437 g/mol. The van der Waals surface area contributed by atoms with Crippen LogP contribution in [0.25, 0.3) is 0 Å². The molecule has 1 N–H and O–H groups in total. The molecule has 3 heterocycles. The second-order valence-electron chi connectivity index (χ2n) is 9.76. The summed E-state index contributed by atoms with van der Waals surface area (Å²) in [5, 5.41) is 3.03. The van der Waals surface area contributed by atoms with E-state index in [2.05, 4.69) is 76.0 Å². The van der Waals surface area contributed by atoms with Crippen molar-refractivity contribution in [2.24, 2.45) is 0 Å². The normalized spacial score (nSPS) is 18.1. The summed E-state index contributed by atoms with van der Waals surface area (Å²) in [5.41, 5.74) is 2.19. The molecule has 0 aliphatic carbocycles. The van der Waals surface area contributed by atoms with E-state index in [9.17, 15) is 4.79 Å². The highest BCUT2D eigenvalue weighted by molar-refractivity contribution is 5.89. The van der Waals surface area contributed by atoms with Crippen LogP contribution in [-0.4, -0.2) is 85.2 Å². The number of rotatable bonds is 3. The van der Waals surface area contributed by atoms with E-state index in [0.717, 1.165) is 56.6 Å². The Morgan fingerprint density at radius 3 is 1.91 bits per heavy atom. The summed E-state index contributed by atoms with van der Waals surface area (Å²) in [7, 11) is 2.15. The molecule has 0 spiro atoms. The second kappa shape index (κ2) is 9.32. The third-order valence-electron chi connectivity index (χ3n) is 6.36. The molecule has 172 valence electrons.